The molecule has 0 saturated heterocycles. The molecule has 0 heterocycles. The van der Waals surface area contributed by atoms with Gasteiger partial charge in [-0.05, 0) is 18.2 Å². The molecule has 0 aromatic heterocycles. The Morgan fingerprint density at radius 2 is 1.43 bits per heavy atom. The molecule has 1 aliphatic rings. The lowest BCUT2D eigenvalue weighted by molar-refractivity contribution is -0.578. The number of hydrogen-bond donors (Lipinski definition) is 1. The smallest absolute Gasteiger partial charge is 0.329 e. The van der Waals surface area contributed by atoms with Crippen molar-refractivity contribution in [1.82, 2.24) is 0 Å². The zero-order chi connectivity index (χ0) is 15.1. The van der Waals surface area contributed by atoms with Gasteiger partial charge in [0.25, 0.3) is 0 Å². The van der Waals surface area contributed by atoms with Gasteiger partial charge in [-0.1, -0.05) is 24.3 Å². The lowest BCUT2D eigenvalue weighted by Crippen LogP contribution is -2.21. The molecular weight excluding hydrogens is 274 g/mol. The second kappa shape index (κ2) is 4.60. The number of rotatable bonds is 2. The number of carbonyl (C=O) groups excluding carboxylic acids is 2. The second-order valence-electron chi connectivity index (χ2n) is 4.67. The van der Waals surface area contributed by atoms with Crippen molar-refractivity contribution in [3.05, 3.63) is 80.4 Å². The molecule has 3 rings (SSSR count). The molecule has 2 aromatic rings. The fourth-order valence-corrected chi connectivity index (χ4v) is 2.40. The number of aliphatic hydroxyl groups is 1. The monoisotopic (exact) mass is 283 g/mol. The Balaban J connectivity index is 2.17. The number of nitro groups is 1. The van der Waals surface area contributed by atoms with E-state index in [1.807, 2.05) is 0 Å². The van der Waals surface area contributed by atoms with Crippen LogP contribution in [0.15, 0.2) is 42.5 Å². The Kier molecular flexibility index (Phi) is 2.88. The van der Waals surface area contributed by atoms with Crippen LogP contribution in [-0.2, 0) is 0 Å². The van der Waals surface area contributed by atoms with Crippen LogP contribution in [0, 0.1) is 10.1 Å². The Morgan fingerprint density at radius 3 is 2.00 bits per heavy atom. The summed E-state index contributed by atoms with van der Waals surface area (Å²) in [7, 11) is 0. The van der Waals surface area contributed by atoms with Crippen molar-refractivity contribution in [3.8, 4) is 0 Å². The first-order valence-electron chi connectivity index (χ1n) is 6.14. The van der Waals surface area contributed by atoms with Crippen LogP contribution in [0.1, 0.15) is 43.6 Å². The molecule has 1 atom stereocenters. The highest BCUT2D eigenvalue weighted by atomic mass is 16.7. The normalized spacial score (nSPS) is 14.3. The standard InChI is InChI=1S/C15H9NO5/c17-13-9-3-1-2-4-10(9)14(18)12-7-8(5-6-11(12)13)15(19)16(20)21/h1-7,15,19H. The first kappa shape index (κ1) is 13.1. The molecule has 104 valence electrons. The molecule has 21 heavy (non-hydrogen) atoms. The first-order chi connectivity index (χ1) is 10.0. The lowest BCUT2D eigenvalue weighted by atomic mass is 9.83. The summed E-state index contributed by atoms with van der Waals surface area (Å²) < 4.78 is 0. The number of carbonyl (C=O) groups is 2. The highest BCUT2D eigenvalue weighted by molar-refractivity contribution is 6.28. The third-order valence-corrected chi connectivity index (χ3v) is 3.45. The molecule has 1 aliphatic carbocycles. The molecule has 0 spiro atoms. The summed E-state index contributed by atoms with van der Waals surface area (Å²) in [4.78, 5) is 34.5. The van der Waals surface area contributed by atoms with E-state index in [4.69, 9.17) is 0 Å². The van der Waals surface area contributed by atoms with Crippen LogP contribution in [0.25, 0.3) is 0 Å². The molecule has 0 bridgehead atoms. The number of hydrogen-bond acceptors (Lipinski definition) is 5. The Hall–Kier alpha value is -2.86. The zero-order valence-electron chi connectivity index (χ0n) is 10.6. The fourth-order valence-electron chi connectivity index (χ4n) is 2.40. The number of ketones is 2. The van der Waals surface area contributed by atoms with Crippen molar-refractivity contribution in [3.63, 3.8) is 0 Å². The van der Waals surface area contributed by atoms with Gasteiger partial charge in [0.05, 0.1) is 10.5 Å². The van der Waals surface area contributed by atoms with Crippen molar-refractivity contribution >= 4 is 11.6 Å². The van der Waals surface area contributed by atoms with Gasteiger partial charge in [-0.3, -0.25) is 19.7 Å². The minimum absolute atomic E-state index is 0.0284. The van der Waals surface area contributed by atoms with Gasteiger partial charge in [-0.2, -0.15) is 0 Å². The third-order valence-electron chi connectivity index (χ3n) is 3.45. The minimum atomic E-state index is -1.92. The zero-order valence-corrected chi connectivity index (χ0v) is 10.6. The molecule has 0 amide bonds. The summed E-state index contributed by atoms with van der Waals surface area (Å²) in [6.45, 7) is 0. The third kappa shape index (κ3) is 1.93. The highest BCUT2D eigenvalue weighted by Crippen LogP contribution is 2.29. The first-order valence-corrected chi connectivity index (χ1v) is 6.14. The van der Waals surface area contributed by atoms with Gasteiger partial charge < -0.3 is 5.11 Å². The van der Waals surface area contributed by atoms with Crippen LogP contribution in [0.3, 0.4) is 0 Å². The van der Waals surface area contributed by atoms with Crippen molar-refractivity contribution < 1.29 is 19.6 Å². The molecule has 0 aliphatic heterocycles. The van der Waals surface area contributed by atoms with Gasteiger partial charge in [0, 0.05) is 22.3 Å². The van der Waals surface area contributed by atoms with Crippen molar-refractivity contribution in [2.75, 3.05) is 0 Å². The van der Waals surface area contributed by atoms with E-state index < -0.39 is 11.2 Å². The summed E-state index contributed by atoms with van der Waals surface area (Å²) in [6.07, 6.45) is -1.92. The minimum Gasteiger partial charge on any atom is -0.329 e. The number of nitrogens with zero attached hydrogens (tertiary/aromatic N) is 1. The van der Waals surface area contributed by atoms with E-state index in [-0.39, 0.29) is 33.8 Å². The van der Waals surface area contributed by atoms with Crippen molar-refractivity contribution in [2.45, 2.75) is 6.23 Å². The molecule has 1 N–H and O–H groups in total. The van der Waals surface area contributed by atoms with Crippen LogP contribution >= 0.6 is 0 Å². The van der Waals surface area contributed by atoms with Gasteiger partial charge in [0.1, 0.15) is 0 Å². The van der Waals surface area contributed by atoms with Crippen molar-refractivity contribution in [2.24, 2.45) is 0 Å². The molecular formula is C15H9NO5. The Morgan fingerprint density at radius 1 is 0.905 bits per heavy atom. The maximum absolute atomic E-state index is 12.4. The van der Waals surface area contributed by atoms with E-state index in [1.54, 1.807) is 18.2 Å². The van der Waals surface area contributed by atoms with E-state index in [9.17, 15) is 24.8 Å². The lowest BCUT2D eigenvalue weighted by Gasteiger charge is -2.17. The van der Waals surface area contributed by atoms with E-state index >= 15 is 0 Å². The molecule has 0 radical (unpaired) electrons. The van der Waals surface area contributed by atoms with E-state index in [2.05, 4.69) is 0 Å². The molecule has 2 aromatic carbocycles. The molecule has 6 nitrogen and oxygen atoms in total. The quantitative estimate of drug-likeness (QED) is 0.439. The average Bonchev–Trinajstić information content (AvgIpc) is 2.51. The maximum Gasteiger partial charge on any atom is 0.339 e. The van der Waals surface area contributed by atoms with E-state index in [0.717, 1.165) is 0 Å². The van der Waals surface area contributed by atoms with Crippen LogP contribution in [0.4, 0.5) is 0 Å². The molecule has 0 fully saturated rings. The predicted molar refractivity (Wildman–Crippen MR) is 71.7 cm³/mol. The predicted octanol–water partition coefficient (Wildman–Crippen LogP) is 1.73. The topological polar surface area (TPSA) is 97.5 Å². The summed E-state index contributed by atoms with van der Waals surface area (Å²) in [5, 5.41) is 20.1. The molecule has 1 unspecified atom stereocenters. The Bertz CT molecular complexity index is 796. The summed E-state index contributed by atoms with van der Waals surface area (Å²) in [6, 6.07) is 10.2. The van der Waals surface area contributed by atoms with Gasteiger partial charge >= 0.3 is 6.23 Å². The van der Waals surface area contributed by atoms with E-state index in [1.165, 1.54) is 24.3 Å². The molecule has 6 heteroatoms. The van der Waals surface area contributed by atoms with Crippen LogP contribution in [0.5, 0.6) is 0 Å². The highest BCUT2D eigenvalue weighted by Gasteiger charge is 2.31. The summed E-state index contributed by atoms with van der Waals surface area (Å²) >= 11 is 0. The maximum atomic E-state index is 12.4. The van der Waals surface area contributed by atoms with Gasteiger partial charge in [-0.25, -0.2) is 0 Å². The second-order valence-corrected chi connectivity index (χ2v) is 4.67. The van der Waals surface area contributed by atoms with Gasteiger partial charge in [0.2, 0.25) is 0 Å². The van der Waals surface area contributed by atoms with Crippen LogP contribution < -0.4 is 0 Å². The van der Waals surface area contributed by atoms with Gasteiger partial charge in [0.15, 0.2) is 11.6 Å². The molecule has 0 saturated carbocycles. The van der Waals surface area contributed by atoms with E-state index in [0.29, 0.717) is 5.56 Å². The SMILES string of the molecule is O=C1c2ccccc2C(=O)c2cc(C(O)[N+](=O)[O-])ccc21. The van der Waals surface area contributed by atoms with Crippen LogP contribution in [0.2, 0.25) is 0 Å². The van der Waals surface area contributed by atoms with Gasteiger partial charge in [-0.15, -0.1) is 0 Å². The number of aliphatic hydroxyl groups excluding tert-OH is 1. The summed E-state index contributed by atoms with van der Waals surface area (Å²) in [5.41, 5.74) is 0.828. The van der Waals surface area contributed by atoms with Crippen LogP contribution in [-0.4, -0.2) is 21.6 Å². The largest absolute Gasteiger partial charge is 0.339 e. The summed E-state index contributed by atoms with van der Waals surface area (Å²) in [5.74, 6) is -0.681. The Labute approximate surface area is 118 Å². The average molecular weight is 283 g/mol. The number of benzene rings is 2. The fraction of sp³-hybridized carbons (Fsp3) is 0.0667. The number of fused-ring (bicyclic) bond motifs is 2. The van der Waals surface area contributed by atoms with Crippen molar-refractivity contribution in [1.29, 1.82) is 0 Å².